The highest BCUT2D eigenvalue weighted by Gasteiger charge is 2.46. The third-order valence-corrected chi connectivity index (χ3v) is 4.10. The second-order valence-electron chi connectivity index (χ2n) is 5.35. The standard InChI is InChI=1S/C12H22O/c1-12(8-9-12)11(13)10-6-4-2-3-5-7-10/h10-11,13H,2-9H2,1H3. The molecule has 0 heterocycles. The summed E-state index contributed by atoms with van der Waals surface area (Å²) in [5, 5.41) is 10.2. The maximum Gasteiger partial charge on any atom is 0.0621 e. The van der Waals surface area contributed by atoms with Gasteiger partial charge in [0.15, 0.2) is 0 Å². The molecule has 76 valence electrons. The Kier molecular flexibility index (Phi) is 2.64. The molecule has 1 N–H and O–H groups in total. The minimum atomic E-state index is 0.00519. The first-order chi connectivity index (χ1) is 6.22. The van der Waals surface area contributed by atoms with E-state index in [1.54, 1.807) is 0 Å². The predicted molar refractivity (Wildman–Crippen MR) is 54.5 cm³/mol. The monoisotopic (exact) mass is 182 g/mol. The summed E-state index contributed by atoms with van der Waals surface area (Å²) in [5.74, 6) is 0.620. The van der Waals surface area contributed by atoms with Gasteiger partial charge in [0.1, 0.15) is 0 Å². The van der Waals surface area contributed by atoms with E-state index < -0.39 is 0 Å². The average molecular weight is 182 g/mol. The van der Waals surface area contributed by atoms with Crippen LogP contribution in [0.4, 0.5) is 0 Å². The number of rotatable bonds is 2. The highest BCUT2D eigenvalue weighted by Crippen LogP contribution is 2.51. The molecule has 13 heavy (non-hydrogen) atoms. The largest absolute Gasteiger partial charge is 0.392 e. The molecule has 0 bridgehead atoms. The van der Waals surface area contributed by atoms with Crippen molar-refractivity contribution in [2.75, 3.05) is 0 Å². The molecule has 2 aliphatic rings. The maximum atomic E-state index is 10.2. The highest BCUT2D eigenvalue weighted by atomic mass is 16.3. The fourth-order valence-corrected chi connectivity index (χ4v) is 2.69. The second-order valence-corrected chi connectivity index (χ2v) is 5.35. The summed E-state index contributed by atoms with van der Waals surface area (Å²) in [4.78, 5) is 0. The van der Waals surface area contributed by atoms with Gasteiger partial charge in [-0.15, -0.1) is 0 Å². The van der Waals surface area contributed by atoms with Gasteiger partial charge in [-0.1, -0.05) is 32.6 Å². The zero-order valence-corrected chi connectivity index (χ0v) is 8.76. The summed E-state index contributed by atoms with van der Waals surface area (Å²) in [6, 6.07) is 0. The second kappa shape index (κ2) is 3.61. The first-order valence-corrected chi connectivity index (χ1v) is 5.90. The SMILES string of the molecule is CC1(C(O)C2CCCCCC2)CC1. The third kappa shape index (κ3) is 2.07. The minimum absolute atomic E-state index is 0.00519. The van der Waals surface area contributed by atoms with E-state index in [1.807, 2.05) is 0 Å². The topological polar surface area (TPSA) is 20.2 Å². The molecule has 1 unspecified atom stereocenters. The van der Waals surface area contributed by atoms with Gasteiger partial charge in [0.2, 0.25) is 0 Å². The van der Waals surface area contributed by atoms with E-state index in [-0.39, 0.29) is 6.10 Å². The van der Waals surface area contributed by atoms with E-state index in [0.29, 0.717) is 11.3 Å². The summed E-state index contributed by atoms with van der Waals surface area (Å²) in [7, 11) is 0. The van der Waals surface area contributed by atoms with Gasteiger partial charge in [-0.2, -0.15) is 0 Å². The minimum Gasteiger partial charge on any atom is -0.392 e. The lowest BCUT2D eigenvalue weighted by Gasteiger charge is -2.26. The molecular weight excluding hydrogens is 160 g/mol. The Labute approximate surface area is 81.5 Å². The highest BCUT2D eigenvalue weighted by molar-refractivity contribution is 4.97. The van der Waals surface area contributed by atoms with Crippen LogP contribution < -0.4 is 0 Å². The molecule has 0 radical (unpaired) electrons. The molecule has 2 aliphatic carbocycles. The van der Waals surface area contributed by atoms with Gasteiger partial charge in [-0.3, -0.25) is 0 Å². The van der Waals surface area contributed by atoms with Gasteiger partial charge in [0.05, 0.1) is 6.10 Å². The fourth-order valence-electron chi connectivity index (χ4n) is 2.69. The Balaban J connectivity index is 1.90. The molecule has 0 amide bonds. The van der Waals surface area contributed by atoms with Gasteiger partial charge in [0.25, 0.3) is 0 Å². The Morgan fingerprint density at radius 3 is 2.08 bits per heavy atom. The Morgan fingerprint density at radius 2 is 1.62 bits per heavy atom. The molecule has 1 heteroatoms. The van der Waals surface area contributed by atoms with Gasteiger partial charge in [0, 0.05) is 0 Å². The number of hydrogen-bond donors (Lipinski definition) is 1. The van der Waals surface area contributed by atoms with E-state index in [4.69, 9.17) is 0 Å². The van der Waals surface area contributed by atoms with Crippen LogP contribution in [0.5, 0.6) is 0 Å². The molecule has 2 rings (SSSR count). The summed E-state index contributed by atoms with van der Waals surface area (Å²) >= 11 is 0. The number of aliphatic hydroxyl groups excluding tert-OH is 1. The predicted octanol–water partition coefficient (Wildman–Crippen LogP) is 3.12. The summed E-state index contributed by atoms with van der Waals surface area (Å²) in [5.41, 5.74) is 0.314. The molecule has 0 aliphatic heterocycles. The van der Waals surface area contributed by atoms with Crippen molar-refractivity contribution in [2.45, 2.75) is 64.4 Å². The molecule has 0 aromatic heterocycles. The lowest BCUT2D eigenvalue weighted by atomic mass is 9.85. The van der Waals surface area contributed by atoms with Crippen LogP contribution >= 0.6 is 0 Å². The Morgan fingerprint density at radius 1 is 1.08 bits per heavy atom. The molecule has 2 fully saturated rings. The van der Waals surface area contributed by atoms with E-state index in [1.165, 1.54) is 51.4 Å². The fraction of sp³-hybridized carbons (Fsp3) is 1.00. The van der Waals surface area contributed by atoms with Crippen molar-refractivity contribution in [3.05, 3.63) is 0 Å². The summed E-state index contributed by atoms with van der Waals surface area (Å²) in [6.07, 6.45) is 10.5. The molecule has 0 saturated heterocycles. The molecule has 0 aromatic rings. The van der Waals surface area contributed by atoms with Crippen LogP contribution in [0, 0.1) is 11.3 Å². The van der Waals surface area contributed by atoms with Crippen LogP contribution in [-0.4, -0.2) is 11.2 Å². The third-order valence-electron chi connectivity index (χ3n) is 4.10. The molecule has 0 spiro atoms. The van der Waals surface area contributed by atoms with Crippen LogP contribution in [0.3, 0.4) is 0 Å². The van der Waals surface area contributed by atoms with Gasteiger partial charge >= 0.3 is 0 Å². The van der Waals surface area contributed by atoms with Crippen molar-refractivity contribution in [1.82, 2.24) is 0 Å². The van der Waals surface area contributed by atoms with Crippen molar-refractivity contribution >= 4 is 0 Å². The summed E-state index contributed by atoms with van der Waals surface area (Å²) < 4.78 is 0. The van der Waals surface area contributed by atoms with Gasteiger partial charge < -0.3 is 5.11 Å². The molecule has 2 saturated carbocycles. The van der Waals surface area contributed by atoms with E-state index in [2.05, 4.69) is 6.92 Å². The smallest absolute Gasteiger partial charge is 0.0621 e. The van der Waals surface area contributed by atoms with Gasteiger partial charge in [-0.05, 0) is 37.0 Å². The van der Waals surface area contributed by atoms with E-state index in [0.717, 1.165) is 0 Å². The zero-order valence-electron chi connectivity index (χ0n) is 8.76. The van der Waals surface area contributed by atoms with Crippen LogP contribution in [0.1, 0.15) is 58.3 Å². The summed E-state index contributed by atoms with van der Waals surface area (Å²) in [6.45, 7) is 2.25. The van der Waals surface area contributed by atoms with Crippen molar-refractivity contribution in [3.63, 3.8) is 0 Å². The first-order valence-electron chi connectivity index (χ1n) is 5.90. The Bertz CT molecular complexity index is 164. The number of hydrogen-bond acceptors (Lipinski definition) is 1. The van der Waals surface area contributed by atoms with Crippen LogP contribution in [0.25, 0.3) is 0 Å². The van der Waals surface area contributed by atoms with E-state index >= 15 is 0 Å². The van der Waals surface area contributed by atoms with Crippen LogP contribution in [-0.2, 0) is 0 Å². The van der Waals surface area contributed by atoms with Gasteiger partial charge in [-0.25, -0.2) is 0 Å². The normalized spacial score (nSPS) is 30.9. The Hall–Kier alpha value is -0.0400. The molecular formula is C12H22O. The van der Waals surface area contributed by atoms with E-state index in [9.17, 15) is 5.11 Å². The van der Waals surface area contributed by atoms with Crippen LogP contribution in [0.2, 0.25) is 0 Å². The average Bonchev–Trinajstić information content (AvgIpc) is 2.88. The van der Waals surface area contributed by atoms with Crippen molar-refractivity contribution < 1.29 is 5.11 Å². The zero-order chi connectivity index (χ0) is 9.31. The maximum absolute atomic E-state index is 10.2. The molecule has 0 aromatic carbocycles. The lowest BCUT2D eigenvalue weighted by molar-refractivity contribution is 0.0381. The van der Waals surface area contributed by atoms with Crippen LogP contribution in [0.15, 0.2) is 0 Å². The lowest BCUT2D eigenvalue weighted by Crippen LogP contribution is -2.28. The molecule has 1 nitrogen and oxygen atoms in total. The molecule has 1 atom stereocenters. The van der Waals surface area contributed by atoms with Crippen molar-refractivity contribution in [2.24, 2.45) is 11.3 Å². The number of aliphatic hydroxyl groups is 1. The quantitative estimate of drug-likeness (QED) is 0.651. The van der Waals surface area contributed by atoms with Crippen molar-refractivity contribution in [3.8, 4) is 0 Å². The van der Waals surface area contributed by atoms with Crippen molar-refractivity contribution in [1.29, 1.82) is 0 Å². The first kappa shape index (κ1) is 9.51.